The fourth-order valence-corrected chi connectivity index (χ4v) is 3.52. The van der Waals surface area contributed by atoms with Crippen LogP contribution in [-0.4, -0.2) is 51.7 Å². The second kappa shape index (κ2) is 6.80. The molecule has 0 unspecified atom stereocenters. The van der Waals surface area contributed by atoms with Crippen molar-refractivity contribution in [1.82, 2.24) is 24.5 Å². The Labute approximate surface area is 148 Å². The molecule has 1 aliphatic rings. The molecule has 6 heteroatoms. The Balaban J connectivity index is 1.38. The van der Waals surface area contributed by atoms with Crippen LogP contribution in [0.2, 0.25) is 0 Å². The molecule has 1 aliphatic heterocycles. The molecule has 25 heavy (non-hydrogen) atoms. The fraction of sp³-hybridized carbons (Fsp3) is 0.421. The molecule has 0 bridgehead atoms. The van der Waals surface area contributed by atoms with Crippen LogP contribution in [0.5, 0.6) is 0 Å². The number of anilines is 1. The summed E-state index contributed by atoms with van der Waals surface area (Å²) in [6, 6.07) is 10.3. The Morgan fingerprint density at radius 3 is 2.64 bits per heavy atom. The van der Waals surface area contributed by atoms with E-state index in [4.69, 9.17) is 0 Å². The van der Waals surface area contributed by atoms with Crippen molar-refractivity contribution in [2.45, 2.75) is 25.3 Å². The molecule has 3 aromatic heterocycles. The first kappa shape index (κ1) is 16.0. The predicted molar refractivity (Wildman–Crippen MR) is 98.8 cm³/mol. The lowest BCUT2D eigenvalue weighted by atomic mass is 9.95. The van der Waals surface area contributed by atoms with Gasteiger partial charge in [-0.25, -0.2) is 4.98 Å². The number of piperidine rings is 1. The highest BCUT2D eigenvalue weighted by Crippen LogP contribution is 2.27. The third-order valence-corrected chi connectivity index (χ3v) is 4.97. The van der Waals surface area contributed by atoms with Crippen LogP contribution in [0.3, 0.4) is 0 Å². The maximum atomic E-state index is 4.51. The molecule has 0 aromatic carbocycles. The summed E-state index contributed by atoms with van der Waals surface area (Å²) in [7, 11) is 4.03. The number of likely N-dealkylation sites (tertiary alicyclic amines) is 1. The van der Waals surface area contributed by atoms with Gasteiger partial charge in [0.15, 0.2) is 5.65 Å². The summed E-state index contributed by atoms with van der Waals surface area (Å²) in [6.45, 7) is 3.14. The van der Waals surface area contributed by atoms with E-state index in [2.05, 4.69) is 42.8 Å². The third-order valence-electron chi connectivity index (χ3n) is 4.97. The lowest BCUT2D eigenvalue weighted by Gasteiger charge is -2.31. The summed E-state index contributed by atoms with van der Waals surface area (Å²) in [6.07, 6.45) is 6.31. The molecule has 130 valence electrons. The van der Waals surface area contributed by atoms with Gasteiger partial charge in [0, 0.05) is 39.0 Å². The molecule has 6 nitrogen and oxygen atoms in total. The van der Waals surface area contributed by atoms with Gasteiger partial charge < -0.3 is 4.90 Å². The molecular weight excluding hydrogens is 312 g/mol. The quantitative estimate of drug-likeness (QED) is 0.733. The largest absolute Gasteiger partial charge is 0.363 e. The molecule has 0 saturated carbocycles. The Morgan fingerprint density at radius 2 is 1.92 bits per heavy atom. The van der Waals surface area contributed by atoms with E-state index in [1.165, 1.54) is 5.56 Å². The van der Waals surface area contributed by atoms with Gasteiger partial charge in [-0.1, -0.05) is 12.1 Å². The third kappa shape index (κ3) is 3.35. The van der Waals surface area contributed by atoms with Crippen molar-refractivity contribution in [1.29, 1.82) is 0 Å². The number of hydrogen-bond acceptors (Lipinski definition) is 5. The molecule has 0 radical (unpaired) electrons. The molecule has 1 fully saturated rings. The molecule has 0 amide bonds. The Bertz CT molecular complexity index is 831. The highest BCUT2D eigenvalue weighted by molar-refractivity contribution is 5.38. The van der Waals surface area contributed by atoms with E-state index in [9.17, 15) is 0 Å². The van der Waals surface area contributed by atoms with Crippen LogP contribution in [0.1, 0.15) is 30.1 Å². The number of aromatic nitrogens is 4. The number of pyridine rings is 2. The summed E-state index contributed by atoms with van der Waals surface area (Å²) >= 11 is 0. The van der Waals surface area contributed by atoms with E-state index in [-0.39, 0.29) is 0 Å². The molecule has 4 rings (SSSR count). The normalized spacial score (nSPS) is 16.4. The molecule has 0 spiro atoms. The lowest BCUT2D eigenvalue weighted by molar-refractivity contribution is 0.201. The van der Waals surface area contributed by atoms with E-state index in [1.54, 1.807) is 0 Å². The second-order valence-electron chi connectivity index (χ2n) is 6.96. The highest BCUT2D eigenvalue weighted by atomic mass is 15.3. The zero-order chi connectivity index (χ0) is 17.2. The van der Waals surface area contributed by atoms with E-state index < -0.39 is 0 Å². The zero-order valence-corrected chi connectivity index (χ0v) is 14.8. The average molecular weight is 336 g/mol. The van der Waals surface area contributed by atoms with Gasteiger partial charge in [0.25, 0.3) is 0 Å². The van der Waals surface area contributed by atoms with E-state index in [0.717, 1.165) is 49.8 Å². The van der Waals surface area contributed by atoms with Crippen LogP contribution in [0.4, 0.5) is 5.82 Å². The van der Waals surface area contributed by atoms with Crippen LogP contribution < -0.4 is 4.90 Å². The highest BCUT2D eigenvalue weighted by Gasteiger charge is 2.24. The maximum absolute atomic E-state index is 4.51. The zero-order valence-electron chi connectivity index (χ0n) is 14.8. The SMILES string of the molecule is CN(C)c1ccc(CN2CCC(c3nnc4ccccn34)CC2)cn1. The fourth-order valence-electron chi connectivity index (χ4n) is 3.52. The van der Waals surface area contributed by atoms with Crippen molar-refractivity contribution < 1.29 is 0 Å². The number of rotatable bonds is 4. The summed E-state index contributed by atoms with van der Waals surface area (Å²) in [4.78, 5) is 9.04. The van der Waals surface area contributed by atoms with Gasteiger partial charge in [0.2, 0.25) is 0 Å². The molecule has 3 aromatic rings. The Kier molecular flexibility index (Phi) is 4.36. The lowest BCUT2D eigenvalue weighted by Crippen LogP contribution is -2.33. The van der Waals surface area contributed by atoms with Crippen molar-refractivity contribution in [3.05, 3.63) is 54.1 Å². The maximum Gasteiger partial charge on any atom is 0.160 e. The first-order valence-electron chi connectivity index (χ1n) is 8.85. The van der Waals surface area contributed by atoms with Crippen LogP contribution >= 0.6 is 0 Å². The summed E-state index contributed by atoms with van der Waals surface area (Å²) in [5.74, 6) is 2.59. The van der Waals surface area contributed by atoms with E-state index in [1.807, 2.05) is 43.4 Å². The van der Waals surface area contributed by atoms with Crippen LogP contribution in [0.25, 0.3) is 5.65 Å². The van der Waals surface area contributed by atoms with Crippen LogP contribution in [0, 0.1) is 0 Å². The summed E-state index contributed by atoms with van der Waals surface area (Å²) in [5, 5.41) is 8.72. The molecular formula is C19H24N6. The standard InChI is InChI=1S/C19H24N6/c1-23(2)17-7-6-15(13-20-17)14-24-11-8-16(9-12-24)19-22-21-18-5-3-4-10-25(18)19/h3-7,10,13,16H,8-9,11-12,14H2,1-2H3. The molecule has 0 aliphatic carbocycles. The van der Waals surface area contributed by atoms with E-state index in [0.29, 0.717) is 5.92 Å². The average Bonchev–Trinajstić information content (AvgIpc) is 3.07. The number of hydrogen-bond donors (Lipinski definition) is 0. The smallest absolute Gasteiger partial charge is 0.160 e. The Morgan fingerprint density at radius 1 is 1.08 bits per heavy atom. The summed E-state index contributed by atoms with van der Waals surface area (Å²) in [5.41, 5.74) is 2.21. The van der Waals surface area contributed by atoms with Gasteiger partial charge in [-0.15, -0.1) is 10.2 Å². The van der Waals surface area contributed by atoms with Crippen molar-refractivity contribution in [3.63, 3.8) is 0 Å². The van der Waals surface area contributed by atoms with Crippen molar-refractivity contribution in [2.24, 2.45) is 0 Å². The Hall–Kier alpha value is -2.47. The minimum atomic E-state index is 0.489. The van der Waals surface area contributed by atoms with Gasteiger partial charge in [0.05, 0.1) is 0 Å². The monoisotopic (exact) mass is 336 g/mol. The number of nitrogens with zero attached hydrogens (tertiary/aromatic N) is 6. The van der Waals surface area contributed by atoms with Crippen LogP contribution in [-0.2, 0) is 6.54 Å². The van der Waals surface area contributed by atoms with Gasteiger partial charge >= 0.3 is 0 Å². The molecule has 4 heterocycles. The molecule has 0 N–H and O–H groups in total. The van der Waals surface area contributed by atoms with Gasteiger partial charge in [-0.2, -0.15) is 0 Å². The minimum Gasteiger partial charge on any atom is -0.363 e. The van der Waals surface area contributed by atoms with Gasteiger partial charge in [0.1, 0.15) is 11.6 Å². The van der Waals surface area contributed by atoms with Crippen molar-refractivity contribution in [3.8, 4) is 0 Å². The summed E-state index contributed by atoms with van der Waals surface area (Å²) < 4.78 is 2.13. The second-order valence-corrected chi connectivity index (χ2v) is 6.96. The first-order chi connectivity index (χ1) is 12.2. The van der Waals surface area contributed by atoms with Gasteiger partial charge in [-0.05, 0) is 49.7 Å². The first-order valence-corrected chi connectivity index (χ1v) is 8.85. The predicted octanol–water partition coefficient (Wildman–Crippen LogP) is 2.57. The minimum absolute atomic E-state index is 0.489. The topological polar surface area (TPSA) is 49.6 Å². The van der Waals surface area contributed by atoms with E-state index >= 15 is 0 Å². The molecule has 0 atom stereocenters. The van der Waals surface area contributed by atoms with Crippen molar-refractivity contribution >= 4 is 11.5 Å². The van der Waals surface area contributed by atoms with Crippen LogP contribution in [0.15, 0.2) is 42.7 Å². The van der Waals surface area contributed by atoms with Gasteiger partial charge in [-0.3, -0.25) is 9.30 Å². The number of fused-ring (bicyclic) bond motifs is 1. The molecule has 1 saturated heterocycles. The van der Waals surface area contributed by atoms with Crippen molar-refractivity contribution in [2.75, 3.05) is 32.1 Å².